The fraction of sp³-hybridized carbons (Fsp3) is 0.733. The van der Waals surface area contributed by atoms with Crippen molar-refractivity contribution in [3.8, 4) is 0 Å². The highest BCUT2D eigenvalue weighted by molar-refractivity contribution is 6.74. The summed E-state index contributed by atoms with van der Waals surface area (Å²) in [5, 5.41) is 9.83. The second-order valence-corrected chi connectivity index (χ2v) is 11.6. The molecule has 18 heavy (non-hydrogen) atoms. The van der Waals surface area contributed by atoms with Crippen LogP contribution in [0, 0.1) is 5.41 Å². The molecule has 0 bridgehead atoms. The summed E-state index contributed by atoms with van der Waals surface area (Å²) in [5.74, 6) is 0. The molecule has 0 aromatic carbocycles. The van der Waals surface area contributed by atoms with Crippen LogP contribution in [0.15, 0.2) is 24.3 Å². The predicted molar refractivity (Wildman–Crippen MR) is 80.2 cm³/mol. The average Bonchev–Trinajstić information content (AvgIpc) is 2.28. The minimum Gasteiger partial charge on any atom is -0.417 e. The first-order chi connectivity index (χ1) is 8.22. The molecule has 1 N–H and O–H groups in total. The van der Waals surface area contributed by atoms with Gasteiger partial charge in [-0.15, -0.1) is 0 Å². The summed E-state index contributed by atoms with van der Waals surface area (Å²) >= 11 is 0. The summed E-state index contributed by atoms with van der Waals surface area (Å²) in [5.41, 5.74) is -0.194. The Hall–Kier alpha value is -0.383. The standard InChI is InChI=1S/C15H28O2Si/c1-14(2,3)18(4,5)17-12-11-15(13-16)9-7-6-8-10-15/h7-10,16H,6,11-13H2,1-5H3. The molecule has 0 unspecified atom stereocenters. The van der Waals surface area contributed by atoms with E-state index in [4.69, 9.17) is 4.43 Å². The van der Waals surface area contributed by atoms with Crippen LogP contribution >= 0.6 is 0 Å². The van der Waals surface area contributed by atoms with E-state index in [0.717, 1.165) is 19.4 Å². The lowest BCUT2D eigenvalue weighted by Gasteiger charge is -2.37. The van der Waals surface area contributed by atoms with Crippen LogP contribution in [0.25, 0.3) is 0 Å². The van der Waals surface area contributed by atoms with Gasteiger partial charge in [-0.2, -0.15) is 0 Å². The highest BCUT2D eigenvalue weighted by atomic mass is 28.4. The minimum absolute atomic E-state index is 0.168. The predicted octanol–water partition coefficient (Wildman–Crippen LogP) is 3.89. The first-order valence-electron chi connectivity index (χ1n) is 6.83. The molecule has 1 aliphatic carbocycles. The molecule has 0 atom stereocenters. The van der Waals surface area contributed by atoms with Crippen molar-refractivity contribution in [1.29, 1.82) is 0 Å². The van der Waals surface area contributed by atoms with Gasteiger partial charge in [0.1, 0.15) is 0 Å². The lowest BCUT2D eigenvalue weighted by molar-refractivity contribution is 0.165. The van der Waals surface area contributed by atoms with Crippen molar-refractivity contribution in [2.24, 2.45) is 5.41 Å². The Morgan fingerprint density at radius 3 is 2.22 bits per heavy atom. The Bertz CT molecular complexity index is 312. The number of hydrogen-bond acceptors (Lipinski definition) is 2. The number of aliphatic hydroxyl groups is 1. The quantitative estimate of drug-likeness (QED) is 0.605. The maximum atomic E-state index is 9.58. The second-order valence-electron chi connectivity index (χ2n) is 6.79. The SMILES string of the molecule is CC(C)(C)[Si](C)(C)OCCC1(CO)C=CCC=C1. The normalized spacial score (nSPS) is 19.2. The van der Waals surface area contributed by atoms with E-state index in [-0.39, 0.29) is 17.1 Å². The Balaban J connectivity index is 2.53. The van der Waals surface area contributed by atoms with Gasteiger partial charge in [0, 0.05) is 12.0 Å². The first kappa shape index (κ1) is 15.7. The molecule has 0 aromatic rings. The monoisotopic (exact) mass is 268 g/mol. The minimum atomic E-state index is -1.66. The Morgan fingerprint density at radius 2 is 1.78 bits per heavy atom. The van der Waals surface area contributed by atoms with Gasteiger partial charge in [-0.05, 0) is 31.0 Å². The van der Waals surface area contributed by atoms with Gasteiger partial charge in [-0.25, -0.2) is 0 Å². The lowest BCUT2D eigenvalue weighted by Crippen LogP contribution is -2.41. The van der Waals surface area contributed by atoms with Gasteiger partial charge in [0.15, 0.2) is 8.32 Å². The molecule has 0 saturated heterocycles. The van der Waals surface area contributed by atoms with Gasteiger partial charge in [0.05, 0.1) is 6.61 Å². The zero-order chi connectivity index (χ0) is 13.9. The van der Waals surface area contributed by atoms with Crippen molar-refractivity contribution in [1.82, 2.24) is 0 Å². The lowest BCUT2D eigenvalue weighted by atomic mass is 9.82. The van der Waals surface area contributed by atoms with Crippen LogP contribution in [0.5, 0.6) is 0 Å². The van der Waals surface area contributed by atoms with Crippen LogP contribution in [-0.4, -0.2) is 26.6 Å². The van der Waals surface area contributed by atoms with E-state index in [1.54, 1.807) is 0 Å². The van der Waals surface area contributed by atoms with Crippen molar-refractivity contribution in [3.63, 3.8) is 0 Å². The summed E-state index contributed by atoms with van der Waals surface area (Å²) in [6.07, 6.45) is 10.4. The van der Waals surface area contributed by atoms with Crippen molar-refractivity contribution in [2.45, 2.75) is 51.7 Å². The Kier molecular flexibility index (Phi) is 4.98. The molecule has 0 radical (unpaired) electrons. The van der Waals surface area contributed by atoms with Crippen LogP contribution in [0.1, 0.15) is 33.6 Å². The van der Waals surface area contributed by atoms with Gasteiger partial charge < -0.3 is 9.53 Å². The van der Waals surface area contributed by atoms with Crippen LogP contribution in [0.3, 0.4) is 0 Å². The fourth-order valence-electron chi connectivity index (χ4n) is 1.80. The van der Waals surface area contributed by atoms with E-state index in [0.29, 0.717) is 0 Å². The number of aliphatic hydroxyl groups excluding tert-OH is 1. The van der Waals surface area contributed by atoms with Crippen LogP contribution in [-0.2, 0) is 4.43 Å². The van der Waals surface area contributed by atoms with Gasteiger partial charge in [0.25, 0.3) is 0 Å². The molecule has 2 nitrogen and oxygen atoms in total. The second kappa shape index (κ2) is 5.72. The van der Waals surface area contributed by atoms with Crippen LogP contribution < -0.4 is 0 Å². The molecule has 1 rings (SSSR count). The van der Waals surface area contributed by atoms with Gasteiger partial charge in [-0.3, -0.25) is 0 Å². The van der Waals surface area contributed by atoms with Gasteiger partial charge >= 0.3 is 0 Å². The zero-order valence-electron chi connectivity index (χ0n) is 12.5. The summed E-state index contributed by atoms with van der Waals surface area (Å²) in [6, 6.07) is 0. The summed E-state index contributed by atoms with van der Waals surface area (Å²) in [7, 11) is -1.66. The average molecular weight is 268 g/mol. The topological polar surface area (TPSA) is 29.5 Å². The molecular formula is C15H28O2Si. The molecule has 0 fully saturated rings. The third-order valence-electron chi connectivity index (χ3n) is 4.30. The number of hydrogen-bond donors (Lipinski definition) is 1. The van der Waals surface area contributed by atoms with Crippen LogP contribution in [0.2, 0.25) is 18.1 Å². The molecule has 1 aliphatic rings. The molecule has 0 aromatic heterocycles. The van der Waals surface area contributed by atoms with E-state index in [9.17, 15) is 5.11 Å². The molecule has 0 aliphatic heterocycles. The number of allylic oxidation sites excluding steroid dienone is 2. The van der Waals surface area contributed by atoms with Crippen molar-refractivity contribution >= 4 is 8.32 Å². The summed E-state index contributed by atoms with van der Waals surface area (Å²) in [6.45, 7) is 12.2. The molecule has 104 valence electrons. The molecule has 3 heteroatoms. The molecule has 0 amide bonds. The van der Waals surface area contributed by atoms with Crippen molar-refractivity contribution in [2.75, 3.05) is 13.2 Å². The third-order valence-corrected chi connectivity index (χ3v) is 8.84. The Labute approximate surface area is 113 Å². The molecule has 0 saturated carbocycles. The summed E-state index contributed by atoms with van der Waals surface area (Å²) in [4.78, 5) is 0. The number of rotatable bonds is 5. The van der Waals surface area contributed by atoms with Gasteiger partial charge in [-0.1, -0.05) is 45.1 Å². The highest BCUT2D eigenvalue weighted by Gasteiger charge is 2.37. The maximum Gasteiger partial charge on any atom is 0.191 e. The highest BCUT2D eigenvalue weighted by Crippen LogP contribution is 2.37. The summed E-state index contributed by atoms with van der Waals surface area (Å²) < 4.78 is 6.18. The van der Waals surface area contributed by atoms with E-state index < -0.39 is 8.32 Å². The Morgan fingerprint density at radius 1 is 1.22 bits per heavy atom. The van der Waals surface area contributed by atoms with Crippen molar-refractivity contribution in [3.05, 3.63) is 24.3 Å². The van der Waals surface area contributed by atoms with Crippen molar-refractivity contribution < 1.29 is 9.53 Å². The molecule has 0 spiro atoms. The molecular weight excluding hydrogens is 240 g/mol. The smallest absolute Gasteiger partial charge is 0.191 e. The van der Waals surface area contributed by atoms with E-state index in [1.807, 2.05) is 0 Å². The van der Waals surface area contributed by atoms with Gasteiger partial charge in [0.2, 0.25) is 0 Å². The zero-order valence-corrected chi connectivity index (χ0v) is 13.5. The van der Waals surface area contributed by atoms with E-state index >= 15 is 0 Å². The third kappa shape index (κ3) is 3.80. The maximum absolute atomic E-state index is 9.58. The largest absolute Gasteiger partial charge is 0.417 e. The van der Waals surface area contributed by atoms with E-state index in [2.05, 4.69) is 58.2 Å². The van der Waals surface area contributed by atoms with E-state index in [1.165, 1.54) is 0 Å². The fourth-order valence-corrected chi connectivity index (χ4v) is 2.85. The molecule has 0 heterocycles. The van der Waals surface area contributed by atoms with Crippen LogP contribution in [0.4, 0.5) is 0 Å². The first-order valence-corrected chi connectivity index (χ1v) is 9.73.